The Hall–Kier alpha value is 0.310. The van der Waals surface area contributed by atoms with Gasteiger partial charge in [0.25, 0.3) is 0 Å². The molecule has 1 heterocycles. The van der Waals surface area contributed by atoms with Crippen molar-refractivity contribution >= 4 is 43.6 Å². The number of halogens is 2. The Morgan fingerprint density at radius 3 is 2.58 bits per heavy atom. The number of rotatable bonds is 6. The van der Waals surface area contributed by atoms with Crippen molar-refractivity contribution in [3.8, 4) is 0 Å². The van der Waals surface area contributed by atoms with Crippen molar-refractivity contribution in [3.05, 3.63) is 21.3 Å². The zero-order chi connectivity index (χ0) is 14.6. The molecule has 3 atom stereocenters. The third-order valence-electron chi connectivity index (χ3n) is 3.06. The molecule has 0 radical (unpaired) electrons. The maximum absolute atomic E-state index is 10.5. The Kier molecular flexibility index (Phi) is 7.24. The van der Waals surface area contributed by atoms with Gasteiger partial charge in [0, 0.05) is 25.8 Å². The molecule has 3 N–H and O–H groups in total. The second-order valence-corrected chi connectivity index (χ2v) is 7.60. The number of alkyl halides is 1. The molecule has 7 heteroatoms. The Bertz CT molecular complexity index is 372. The fourth-order valence-electron chi connectivity index (χ4n) is 1.75. The lowest BCUT2D eigenvalue weighted by molar-refractivity contribution is 0.245. The van der Waals surface area contributed by atoms with E-state index in [4.69, 9.17) is 0 Å². The van der Waals surface area contributed by atoms with Gasteiger partial charge in [0.2, 0.25) is 0 Å². The van der Waals surface area contributed by atoms with Gasteiger partial charge in [-0.1, -0.05) is 34.6 Å². The summed E-state index contributed by atoms with van der Waals surface area (Å²) < 4.78 is 1.07. The highest BCUT2D eigenvalue weighted by Crippen LogP contribution is 2.45. The minimum absolute atomic E-state index is 0.149. The van der Waals surface area contributed by atoms with Crippen molar-refractivity contribution in [1.82, 2.24) is 15.5 Å². The SMILES string of the molecule is CCC(/C=C(\NC)C(O)C1=C(Br)N(C)C(Br)S1)NC. The average Bonchev–Trinajstić information content (AvgIpc) is 2.67. The number of hydrogen-bond donors (Lipinski definition) is 3. The molecule has 0 spiro atoms. The van der Waals surface area contributed by atoms with Crippen LogP contribution >= 0.6 is 43.6 Å². The molecule has 0 saturated heterocycles. The zero-order valence-corrected chi connectivity index (χ0v) is 15.6. The first-order valence-corrected chi connectivity index (χ1v) is 8.73. The second kappa shape index (κ2) is 7.93. The fraction of sp³-hybridized carbons (Fsp3) is 0.667. The van der Waals surface area contributed by atoms with E-state index in [-0.39, 0.29) is 10.3 Å². The van der Waals surface area contributed by atoms with Crippen molar-refractivity contribution in [2.24, 2.45) is 0 Å². The van der Waals surface area contributed by atoms with Crippen molar-refractivity contribution < 1.29 is 5.11 Å². The third-order valence-corrected chi connectivity index (χ3v) is 6.67. The molecule has 1 aliphatic heterocycles. The van der Waals surface area contributed by atoms with Crippen LogP contribution in [0.15, 0.2) is 21.3 Å². The van der Waals surface area contributed by atoms with Gasteiger partial charge < -0.3 is 20.6 Å². The summed E-state index contributed by atoms with van der Waals surface area (Å²) >= 11 is 8.69. The lowest BCUT2D eigenvalue weighted by atomic mass is 10.1. The summed E-state index contributed by atoms with van der Waals surface area (Å²) in [7, 11) is 5.73. The molecule has 0 saturated carbocycles. The van der Waals surface area contributed by atoms with Gasteiger partial charge in [-0.15, -0.1) is 0 Å². The van der Waals surface area contributed by atoms with Gasteiger partial charge >= 0.3 is 0 Å². The smallest absolute Gasteiger partial charge is 0.136 e. The monoisotopic (exact) mass is 413 g/mol. The molecular weight excluding hydrogens is 394 g/mol. The first kappa shape index (κ1) is 17.4. The highest BCUT2D eigenvalue weighted by atomic mass is 79.9. The van der Waals surface area contributed by atoms with E-state index in [2.05, 4.69) is 49.4 Å². The molecule has 0 amide bonds. The minimum atomic E-state index is -0.642. The maximum Gasteiger partial charge on any atom is 0.136 e. The largest absolute Gasteiger partial charge is 0.389 e. The summed E-state index contributed by atoms with van der Waals surface area (Å²) in [5.74, 6) is 0. The van der Waals surface area contributed by atoms with Gasteiger partial charge in [-0.3, -0.25) is 0 Å². The van der Waals surface area contributed by atoms with Crippen LogP contribution in [0.3, 0.4) is 0 Å². The van der Waals surface area contributed by atoms with E-state index >= 15 is 0 Å². The molecular formula is C12H21Br2N3OS. The van der Waals surface area contributed by atoms with E-state index in [1.807, 2.05) is 32.1 Å². The number of hydrogen-bond acceptors (Lipinski definition) is 5. The summed E-state index contributed by atoms with van der Waals surface area (Å²) in [6, 6.07) is 0.250. The topological polar surface area (TPSA) is 47.5 Å². The van der Waals surface area contributed by atoms with Gasteiger partial charge in [-0.05, 0) is 35.5 Å². The van der Waals surface area contributed by atoms with E-state index < -0.39 is 6.10 Å². The van der Waals surface area contributed by atoms with Crippen LogP contribution < -0.4 is 10.6 Å². The van der Waals surface area contributed by atoms with Gasteiger partial charge in [-0.25, -0.2) is 0 Å². The molecule has 1 rings (SSSR count). The van der Waals surface area contributed by atoms with Crippen LogP contribution in [-0.4, -0.2) is 47.6 Å². The van der Waals surface area contributed by atoms with Crippen molar-refractivity contribution in [2.45, 2.75) is 29.8 Å². The van der Waals surface area contributed by atoms with E-state index in [0.717, 1.165) is 21.6 Å². The Balaban J connectivity index is 2.94. The number of nitrogens with zero attached hydrogens (tertiary/aromatic N) is 1. The van der Waals surface area contributed by atoms with Crippen LogP contribution in [0.25, 0.3) is 0 Å². The van der Waals surface area contributed by atoms with Crippen LogP contribution in [0.4, 0.5) is 0 Å². The molecule has 0 aromatic heterocycles. The average molecular weight is 415 g/mol. The van der Waals surface area contributed by atoms with Crippen LogP contribution in [0.2, 0.25) is 0 Å². The summed E-state index contributed by atoms with van der Waals surface area (Å²) in [5, 5.41) is 16.8. The number of likely N-dealkylation sites (N-methyl/N-ethyl adjacent to an activating group) is 2. The number of aliphatic hydroxyl groups is 1. The fourth-order valence-corrected chi connectivity index (χ4v) is 4.64. The van der Waals surface area contributed by atoms with Crippen molar-refractivity contribution in [2.75, 3.05) is 21.1 Å². The summed E-state index contributed by atoms with van der Waals surface area (Å²) in [4.78, 5) is 2.95. The van der Waals surface area contributed by atoms with E-state index in [9.17, 15) is 5.11 Å². The molecule has 19 heavy (non-hydrogen) atoms. The normalized spacial score (nSPS) is 23.8. The molecule has 0 bridgehead atoms. The van der Waals surface area contributed by atoms with E-state index in [0.29, 0.717) is 0 Å². The molecule has 4 nitrogen and oxygen atoms in total. The predicted molar refractivity (Wildman–Crippen MR) is 90.3 cm³/mol. The molecule has 0 aromatic rings. The molecule has 0 aromatic carbocycles. The maximum atomic E-state index is 10.5. The van der Waals surface area contributed by atoms with E-state index in [1.54, 1.807) is 11.8 Å². The van der Waals surface area contributed by atoms with Crippen LogP contribution in [0.1, 0.15) is 13.3 Å². The quantitative estimate of drug-likeness (QED) is 0.460. The summed E-state index contributed by atoms with van der Waals surface area (Å²) in [5.41, 5.74) is 0.815. The Morgan fingerprint density at radius 1 is 1.58 bits per heavy atom. The lowest BCUT2D eigenvalue weighted by Crippen LogP contribution is -2.28. The van der Waals surface area contributed by atoms with E-state index in [1.165, 1.54) is 0 Å². The lowest BCUT2D eigenvalue weighted by Gasteiger charge is -2.19. The number of nitrogens with one attached hydrogen (secondary N) is 2. The van der Waals surface area contributed by atoms with Crippen molar-refractivity contribution in [3.63, 3.8) is 0 Å². The molecule has 3 unspecified atom stereocenters. The Labute approximate surface area is 136 Å². The van der Waals surface area contributed by atoms with Gasteiger partial charge in [0.15, 0.2) is 0 Å². The zero-order valence-electron chi connectivity index (χ0n) is 11.6. The number of thioether (sulfide) groups is 1. The molecule has 0 fully saturated rings. The van der Waals surface area contributed by atoms with Gasteiger partial charge in [-0.2, -0.15) is 0 Å². The van der Waals surface area contributed by atoms with Gasteiger partial charge in [0.1, 0.15) is 10.4 Å². The van der Waals surface area contributed by atoms with Crippen LogP contribution in [-0.2, 0) is 0 Å². The first-order valence-electron chi connectivity index (χ1n) is 6.14. The number of aliphatic hydroxyl groups excluding tert-OH is 1. The predicted octanol–water partition coefficient (Wildman–Crippen LogP) is 2.37. The first-order chi connectivity index (χ1) is 8.96. The summed E-state index contributed by atoms with van der Waals surface area (Å²) in [6.45, 7) is 2.11. The molecule has 110 valence electrons. The molecule has 1 aliphatic rings. The highest BCUT2D eigenvalue weighted by molar-refractivity contribution is 9.12. The Morgan fingerprint density at radius 2 is 2.21 bits per heavy atom. The summed E-state index contributed by atoms with van der Waals surface area (Å²) in [6.07, 6.45) is 2.37. The van der Waals surface area contributed by atoms with Crippen LogP contribution in [0, 0.1) is 0 Å². The minimum Gasteiger partial charge on any atom is -0.389 e. The van der Waals surface area contributed by atoms with Crippen molar-refractivity contribution in [1.29, 1.82) is 0 Å². The standard InChI is InChI=1S/C12H21Br2N3OS/c1-5-7(15-2)6-8(16-3)9(18)10-11(13)17(4)12(14)19-10/h6-7,9,12,15-16,18H,5H2,1-4H3/b8-6-. The van der Waals surface area contributed by atoms with Crippen LogP contribution in [0.5, 0.6) is 0 Å². The molecule has 0 aliphatic carbocycles. The third kappa shape index (κ3) is 4.14. The highest BCUT2D eigenvalue weighted by Gasteiger charge is 2.32. The second-order valence-electron chi connectivity index (χ2n) is 4.25. The van der Waals surface area contributed by atoms with Gasteiger partial charge in [0.05, 0.1) is 9.51 Å².